The third-order valence-corrected chi connectivity index (χ3v) is 4.21. The van der Waals surface area contributed by atoms with E-state index in [2.05, 4.69) is 70.6 Å². The Morgan fingerprint density at radius 1 is 0.880 bits per heavy atom. The summed E-state index contributed by atoms with van der Waals surface area (Å²) >= 11 is 0. The number of tetrazole rings is 1. The highest BCUT2D eigenvalue weighted by Crippen LogP contribution is 2.26. The van der Waals surface area contributed by atoms with Crippen LogP contribution in [-0.2, 0) is 5.41 Å². The minimum atomic E-state index is 0.133. The molecule has 2 heterocycles. The summed E-state index contributed by atoms with van der Waals surface area (Å²) in [5.74, 6) is 0.614. The molecule has 124 valence electrons. The van der Waals surface area contributed by atoms with Gasteiger partial charge in [0, 0.05) is 11.1 Å². The van der Waals surface area contributed by atoms with Gasteiger partial charge in [-0.2, -0.15) is 0 Å². The van der Waals surface area contributed by atoms with Gasteiger partial charge < -0.3 is 0 Å². The summed E-state index contributed by atoms with van der Waals surface area (Å²) in [5, 5.41) is 13.9. The van der Waals surface area contributed by atoms with E-state index in [1.165, 1.54) is 5.56 Å². The Morgan fingerprint density at radius 3 is 2.32 bits per heavy atom. The van der Waals surface area contributed by atoms with Crippen molar-refractivity contribution in [3.63, 3.8) is 0 Å². The van der Waals surface area contributed by atoms with Crippen LogP contribution in [0.3, 0.4) is 0 Å². The molecule has 2 aromatic heterocycles. The summed E-state index contributed by atoms with van der Waals surface area (Å²) in [4.78, 5) is 9.29. The number of aromatic nitrogens is 6. The Morgan fingerprint density at radius 2 is 1.64 bits per heavy atom. The van der Waals surface area contributed by atoms with Gasteiger partial charge in [-0.1, -0.05) is 45.0 Å². The van der Waals surface area contributed by atoms with Crippen LogP contribution in [0.5, 0.6) is 0 Å². The van der Waals surface area contributed by atoms with E-state index in [0.29, 0.717) is 5.82 Å². The topological polar surface area (TPSA) is 80.2 Å². The average Bonchev–Trinajstić information content (AvgIpc) is 3.15. The van der Waals surface area contributed by atoms with Gasteiger partial charge in [-0.05, 0) is 39.6 Å². The Labute approximate surface area is 145 Å². The Hall–Kier alpha value is -3.15. The quantitative estimate of drug-likeness (QED) is 0.605. The highest BCUT2D eigenvalue weighted by atomic mass is 15.5. The van der Waals surface area contributed by atoms with Gasteiger partial charge in [-0.15, -0.1) is 5.10 Å². The fourth-order valence-electron chi connectivity index (χ4n) is 2.72. The molecule has 0 radical (unpaired) electrons. The van der Waals surface area contributed by atoms with E-state index in [0.717, 1.165) is 27.9 Å². The average molecular weight is 330 g/mol. The fourth-order valence-corrected chi connectivity index (χ4v) is 2.72. The summed E-state index contributed by atoms with van der Waals surface area (Å²) in [6, 6.07) is 14.3. The van der Waals surface area contributed by atoms with E-state index in [4.69, 9.17) is 4.98 Å². The predicted molar refractivity (Wildman–Crippen MR) is 96.8 cm³/mol. The number of nitrogens with zero attached hydrogens (tertiary/aromatic N) is 5. The van der Waals surface area contributed by atoms with Crippen LogP contribution in [0, 0.1) is 0 Å². The summed E-state index contributed by atoms with van der Waals surface area (Å²) in [7, 11) is 0. The predicted octanol–water partition coefficient (Wildman–Crippen LogP) is 3.77. The first-order valence-corrected chi connectivity index (χ1v) is 8.12. The normalized spacial score (nSPS) is 11.8. The molecule has 0 saturated carbocycles. The van der Waals surface area contributed by atoms with Gasteiger partial charge >= 0.3 is 0 Å². The second-order valence-corrected chi connectivity index (χ2v) is 7.04. The first kappa shape index (κ1) is 15.4. The monoisotopic (exact) mass is 330 g/mol. The molecule has 6 nitrogen and oxygen atoms in total. The van der Waals surface area contributed by atoms with E-state index < -0.39 is 0 Å². The molecular formula is C19H18N6. The van der Waals surface area contributed by atoms with Gasteiger partial charge in [0.15, 0.2) is 5.82 Å². The van der Waals surface area contributed by atoms with Crippen LogP contribution < -0.4 is 0 Å². The molecule has 0 unspecified atom stereocenters. The summed E-state index contributed by atoms with van der Waals surface area (Å²) < 4.78 is 0. The zero-order chi connectivity index (χ0) is 17.4. The van der Waals surface area contributed by atoms with E-state index >= 15 is 0 Å². The van der Waals surface area contributed by atoms with Crippen molar-refractivity contribution >= 4 is 11.0 Å². The highest BCUT2D eigenvalue weighted by Gasteiger charge is 2.13. The molecule has 0 bridgehead atoms. The van der Waals surface area contributed by atoms with Crippen LogP contribution in [0.25, 0.3) is 33.7 Å². The molecule has 0 aliphatic heterocycles. The molecule has 25 heavy (non-hydrogen) atoms. The summed E-state index contributed by atoms with van der Waals surface area (Å²) in [5.41, 5.74) is 5.86. The summed E-state index contributed by atoms with van der Waals surface area (Å²) in [6.45, 7) is 6.62. The zero-order valence-electron chi connectivity index (χ0n) is 14.4. The lowest BCUT2D eigenvalue weighted by molar-refractivity contribution is 0.590. The highest BCUT2D eigenvalue weighted by molar-refractivity contribution is 5.81. The Kier molecular flexibility index (Phi) is 3.53. The number of aromatic amines is 1. The van der Waals surface area contributed by atoms with E-state index in [1.54, 1.807) is 0 Å². The molecule has 0 fully saturated rings. The molecule has 0 amide bonds. The number of benzene rings is 2. The van der Waals surface area contributed by atoms with Crippen molar-refractivity contribution < 1.29 is 0 Å². The zero-order valence-corrected chi connectivity index (χ0v) is 14.4. The molecular weight excluding hydrogens is 312 g/mol. The smallest absolute Gasteiger partial charge is 0.179 e. The second-order valence-electron chi connectivity index (χ2n) is 7.04. The van der Waals surface area contributed by atoms with Crippen molar-refractivity contribution in [3.05, 3.63) is 54.2 Å². The SMILES string of the molecule is CC(C)(C)c1ccc(-c2cnc3ccc(-c4nnn[nH]4)cc3n2)cc1. The van der Waals surface area contributed by atoms with Crippen LogP contribution in [-0.4, -0.2) is 30.6 Å². The minimum Gasteiger partial charge on any atom is -0.252 e. The van der Waals surface area contributed by atoms with E-state index in [9.17, 15) is 0 Å². The Bertz CT molecular complexity index is 1010. The largest absolute Gasteiger partial charge is 0.252 e. The number of rotatable bonds is 2. The lowest BCUT2D eigenvalue weighted by Gasteiger charge is -2.19. The van der Waals surface area contributed by atoms with Crippen molar-refractivity contribution in [1.82, 2.24) is 30.6 Å². The van der Waals surface area contributed by atoms with Crippen LogP contribution in [0.15, 0.2) is 48.7 Å². The van der Waals surface area contributed by atoms with Crippen LogP contribution in [0.1, 0.15) is 26.3 Å². The van der Waals surface area contributed by atoms with Crippen LogP contribution in [0.4, 0.5) is 0 Å². The van der Waals surface area contributed by atoms with E-state index in [1.807, 2.05) is 24.4 Å². The molecule has 0 atom stereocenters. The van der Waals surface area contributed by atoms with Crippen molar-refractivity contribution in [3.8, 4) is 22.6 Å². The van der Waals surface area contributed by atoms with E-state index in [-0.39, 0.29) is 5.41 Å². The molecule has 4 aromatic rings. The van der Waals surface area contributed by atoms with Crippen molar-refractivity contribution in [2.45, 2.75) is 26.2 Å². The molecule has 6 heteroatoms. The molecule has 2 aromatic carbocycles. The number of fused-ring (bicyclic) bond motifs is 1. The number of H-pyrrole nitrogens is 1. The number of nitrogens with one attached hydrogen (secondary N) is 1. The maximum absolute atomic E-state index is 4.76. The van der Waals surface area contributed by atoms with Gasteiger partial charge in [0.2, 0.25) is 0 Å². The molecule has 4 rings (SSSR count). The number of hydrogen-bond acceptors (Lipinski definition) is 5. The van der Waals surface area contributed by atoms with Crippen molar-refractivity contribution in [2.24, 2.45) is 0 Å². The maximum atomic E-state index is 4.76. The molecule has 0 aliphatic rings. The fraction of sp³-hybridized carbons (Fsp3) is 0.211. The van der Waals surface area contributed by atoms with Gasteiger partial charge in [-0.3, -0.25) is 4.98 Å². The first-order chi connectivity index (χ1) is 12.0. The van der Waals surface area contributed by atoms with Gasteiger partial charge in [0.25, 0.3) is 0 Å². The van der Waals surface area contributed by atoms with Gasteiger partial charge in [0.05, 0.1) is 22.9 Å². The standard InChI is InChI=1S/C19H18N6/c1-19(2,3)14-7-4-12(5-8-14)17-11-20-15-9-6-13(10-16(15)21-17)18-22-24-25-23-18/h4-11H,1-3H3,(H,22,23,24,25). The minimum absolute atomic E-state index is 0.133. The molecule has 1 N–H and O–H groups in total. The lowest BCUT2D eigenvalue weighted by atomic mass is 9.86. The first-order valence-electron chi connectivity index (χ1n) is 8.12. The van der Waals surface area contributed by atoms with Crippen molar-refractivity contribution in [2.75, 3.05) is 0 Å². The van der Waals surface area contributed by atoms with Gasteiger partial charge in [-0.25, -0.2) is 10.1 Å². The lowest BCUT2D eigenvalue weighted by Crippen LogP contribution is -2.10. The summed E-state index contributed by atoms with van der Waals surface area (Å²) in [6.07, 6.45) is 1.81. The Balaban J connectivity index is 1.75. The molecule has 0 aliphatic carbocycles. The van der Waals surface area contributed by atoms with Crippen LogP contribution in [0.2, 0.25) is 0 Å². The second kappa shape index (κ2) is 5.73. The third kappa shape index (κ3) is 2.98. The molecule has 0 spiro atoms. The maximum Gasteiger partial charge on any atom is 0.179 e. The molecule has 0 saturated heterocycles. The van der Waals surface area contributed by atoms with Gasteiger partial charge in [0.1, 0.15) is 0 Å². The third-order valence-electron chi connectivity index (χ3n) is 4.21. The number of hydrogen-bond donors (Lipinski definition) is 1. The van der Waals surface area contributed by atoms with Crippen molar-refractivity contribution in [1.29, 1.82) is 0 Å². The van der Waals surface area contributed by atoms with Crippen LogP contribution >= 0.6 is 0 Å².